The topological polar surface area (TPSA) is 60.1 Å². The second-order valence-corrected chi connectivity index (χ2v) is 4.88. The summed E-state index contributed by atoms with van der Waals surface area (Å²) < 4.78 is 0. The van der Waals surface area contributed by atoms with Gasteiger partial charge in [-0.05, 0) is 39.2 Å². The molecule has 2 heterocycles. The SMILES string of the molecule is Cc1cc(N2CCCCC2CO)c(C#N)c(C)n1. The molecule has 2 rings (SSSR count). The van der Waals surface area contributed by atoms with E-state index in [9.17, 15) is 10.4 Å². The van der Waals surface area contributed by atoms with Crippen molar-refractivity contribution in [2.24, 2.45) is 0 Å². The molecule has 0 radical (unpaired) electrons. The molecule has 0 aromatic carbocycles. The highest BCUT2D eigenvalue weighted by atomic mass is 16.3. The normalized spacial score (nSPS) is 19.7. The first-order valence-electron chi connectivity index (χ1n) is 6.43. The molecule has 1 aromatic heterocycles. The third-order valence-corrected chi connectivity index (χ3v) is 3.57. The highest BCUT2D eigenvalue weighted by molar-refractivity contribution is 5.62. The van der Waals surface area contributed by atoms with Crippen LogP contribution in [0, 0.1) is 25.2 Å². The van der Waals surface area contributed by atoms with Crippen LogP contribution in [0.15, 0.2) is 6.07 Å². The van der Waals surface area contributed by atoms with Gasteiger partial charge in [0.2, 0.25) is 0 Å². The van der Waals surface area contributed by atoms with E-state index in [1.54, 1.807) is 0 Å². The summed E-state index contributed by atoms with van der Waals surface area (Å²) in [5.74, 6) is 0. The van der Waals surface area contributed by atoms with Crippen molar-refractivity contribution in [3.8, 4) is 6.07 Å². The number of hydrogen-bond donors (Lipinski definition) is 1. The Labute approximate surface area is 108 Å². The number of aliphatic hydroxyl groups is 1. The first-order chi connectivity index (χ1) is 8.67. The summed E-state index contributed by atoms with van der Waals surface area (Å²) in [5.41, 5.74) is 3.26. The largest absolute Gasteiger partial charge is 0.394 e. The fraction of sp³-hybridized carbons (Fsp3) is 0.571. The number of nitrogens with zero attached hydrogens (tertiary/aromatic N) is 3. The van der Waals surface area contributed by atoms with Gasteiger partial charge in [0.1, 0.15) is 6.07 Å². The Morgan fingerprint density at radius 1 is 1.50 bits per heavy atom. The lowest BCUT2D eigenvalue weighted by molar-refractivity contribution is 0.240. The Bertz CT molecular complexity index is 479. The maximum Gasteiger partial charge on any atom is 0.103 e. The summed E-state index contributed by atoms with van der Waals surface area (Å²) in [6.07, 6.45) is 3.25. The molecule has 1 unspecified atom stereocenters. The molecule has 4 nitrogen and oxygen atoms in total. The predicted octanol–water partition coefficient (Wildman–Crippen LogP) is 1.92. The van der Waals surface area contributed by atoms with E-state index in [1.807, 2.05) is 19.9 Å². The van der Waals surface area contributed by atoms with E-state index >= 15 is 0 Å². The highest BCUT2D eigenvalue weighted by Gasteiger charge is 2.25. The fourth-order valence-corrected chi connectivity index (χ4v) is 2.68. The molecule has 1 fully saturated rings. The average molecular weight is 245 g/mol. The Kier molecular flexibility index (Phi) is 3.83. The molecule has 0 bridgehead atoms. The molecule has 4 heteroatoms. The van der Waals surface area contributed by atoms with Crippen LogP contribution in [0.25, 0.3) is 0 Å². The number of pyridine rings is 1. The first-order valence-corrected chi connectivity index (χ1v) is 6.43. The van der Waals surface area contributed by atoms with E-state index in [2.05, 4.69) is 16.0 Å². The number of nitriles is 1. The molecule has 1 aliphatic heterocycles. The van der Waals surface area contributed by atoms with Gasteiger partial charge in [0.05, 0.1) is 29.6 Å². The van der Waals surface area contributed by atoms with Gasteiger partial charge < -0.3 is 10.0 Å². The van der Waals surface area contributed by atoms with E-state index in [4.69, 9.17) is 0 Å². The number of aryl methyl sites for hydroxylation is 2. The molecular weight excluding hydrogens is 226 g/mol. The molecule has 96 valence electrons. The number of aliphatic hydroxyl groups excluding tert-OH is 1. The Balaban J connectivity index is 2.45. The lowest BCUT2D eigenvalue weighted by Crippen LogP contribution is -2.42. The smallest absolute Gasteiger partial charge is 0.103 e. The van der Waals surface area contributed by atoms with Gasteiger partial charge in [-0.15, -0.1) is 0 Å². The maximum absolute atomic E-state index is 9.48. The van der Waals surface area contributed by atoms with Crippen LogP contribution in [0.2, 0.25) is 0 Å². The van der Waals surface area contributed by atoms with Crippen LogP contribution in [0.5, 0.6) is 0 Å². The Morgan fingerprint density at radius 2 is 2.28 bits per heavy atom. The predicted molar refractivity (Wildman–Crippen MR) is 70.5 cm³/mol. The van der Waals surface area contributed by atoms with Gasteiger partial charge in [-0.1, -0.05) is 0 Å². The zero-order valence-corrected chi connectivity index (χ0v) is 11.0. The van der Waals surface area contributed by atoms with Crippen LogP contribution in [0.4, 0.5) is 5.69 Å². The maximum atomic E-state index is 9.48. The number of aromatic nitrogens is 1. The summed E-state index contributed by atoms with van der Waals surface area (Å²) in [7, 11) is 0. The summed E-state index contributed by atoms with van der Waals surface area (Å²) in [6, 6.07) is 4.34. The quantitative estimate of drug-likeness (QED) is 0.864. The van der Waals surface area contributed by atoms with Gasteiger partial charge in [-0.3, -0.25) is 4.98 Å². The molecule has 1 aromatic rings. The standard InChI is InChI=1S/C14H19N3O/c1-10-7-14(13(8-15)11(2)16-10)17-6-4-3-5-12(17)9-18/h7,12,18H,3-6,9H2,1-2H3. The Hall–Kier alpha value is -1.60. The lowest BCUT2D eigenvalue weighted by atomic mass is 10.00. The summed E-state index contributed by atoms with van der Waals surface area (Å²) in [4.78, 5) is 6.51. The van der Waals surface area contributed by atoms with Crippen molar-refractivity contribution in [2.45, 2.75) is 39.2 Å². The van der Waals surface area contributed by atoms with Gasteiger partial charge >= 0.3 is 0 Å². The monoisotopic (exact) mass is 245 g/mol. The van der Waals surface area contributed by atoms with Crippen LogP contribution in [-0.2, 0) is 0 Å². The zero-order valence-electron chi connectivity index (χ0n) is 11.0. The number of rotatable bonds is 2. The Morgan fingerprint density at radius 3 is 2.94 bits per heavy atom. The van der Waals surface area contributed by atoms with Crippen molar-refractivity contribution in [1.82, 2.24) is 4.98 Å². The minimum absolute atomic E-state index is 0.132. The van der Waals surface area contributed by atoms with Crippen molar-refractivity contribution in [1.29, 1.82) is 5.26 Å². The van der Waals surface area contributed by atoms with Crippen molar-refractivity contribution in [3.05, 3.63) is 23.0 Å². The number of anilines is 1. The van der Waals surface area contributed by atoms with Gasteiger partial charge in [0.25, 0.3) is 0 Å². The number of hydrogen-bond acceptors (Lipinski definition) is 4. The van der Waals surface area contributed by atoms with Gasteiger partial charge in [-0.25, -0.2) is 0 Å². The molecule has 0 amide bonds. The molecule has 0 aliphatic carbocycles. The van der Waals surface area contributed by atoms with Crippen molar-refractivity contribution < 1.29 is 5.11 Å². The molecule has 0 spiro atoms. The van der Waals surface area contributed by atoms with Gasteiger partial charge in [0.15, 0.2) is 0 Å². The highest BCUT2D eigenvalue weighted by Crippen LogP contribution is 2.29. The zero-order chi connectivity index (χ0) is 13.1. The molecule has 1 saturated heterocycles. The molecule has 18 heavy (non-hydrogen) atoms. The van der Waals surface area contributed by atoms with Gasteiger partial charge in [0, 0.05) is 12.2 Å². The van der Waals surface area contributed by atoms with E-state index in [1.165, 1.54) is 0 Å². The van der Waals surface area contributed by atoms with Gasteiger partial charge in [-0.2, -0.15) is 5.26 Å². The van der Waals surface area contributed by atoms with Crippen molar-refractivity contribution in [2.75, 3.05) is 18.1 Å². The minimum Gasteiger partial charge on any atom is -0.394 e. The average Bonchev–Trinajstić information content (AvgIpc) is 2.38. The third kappa shape index (κ3) is 2.32. The molecule has 0 saturated carbocycles. The van der Waals surface area contributed by atoms with E-state index in [0.717, 1.165) is 42.9 Å². The molecule has 1 aliphatic rings. The van der Waals surface area contributed by atoms with E-state index < -0.39 is 0 Å². The second kappa shape index (κ2) is 5.36. The minimum atomic E-state index is 0.132. The molecular formula is C14H19N3O. The van der Waals surface area contributed by atoms with E-state index in [-0.39, 0.29) is 12.6 Å². The van der Waals surface area contributed by atoms with Crippen molar-refractivity contribution in [3.63, 3.8) is 0 Å². The van der Waals surface area contributed by atoms with Crippen LogP contribution >= 0.6 is 0 Å². The van der Waals surface area contributed by atoms with Crippen LogP contribution in [0.3, 0.4) is 0 Å². The summed E-state index contributed by atoms with van der Waals surface area (Å²) in [5, 5.41) is 18.8. The van der Waals surface area contributed by atoms with E-state index in [0.29, 0.717) is 5.56 Å². The lowest BCUT2D eigenvalue weighted by Gasteiger charge is -2.37. The summed E-state index contributed by atoms with van der Waals surface area (Å²) in [6.45, 7) is 4.86. The fourth-order valence-electron chi connectivity index (χ4n) is 2.68. The molecule has 1 atom stereocenters. The molecule has 1 N–H and O–H groups in total. The number of piperidine rings is 1. The van der Waals surface area contributed by atoms with Crippen LogP contribution in [0.1, 0.15) is 36.2 Å². The van der Waals surface area contributed by atoms with Crippen LogP contribution in [-0.4, -0.2) is 29.3 Å². The van der Waals surface area contributed by atoms with Crippen LogP contribution < -0.4 is 4.90 Å². The summed E-state index contributed by atoms with van der Waals surface area (Å²) >= 11 is 0. The second-order valence-electron chi connectivity index (χ2n) is 4.88. The van der Waals surface area contributed by atoms with Crippen molar-refractivity contribution >= 4 is 5.69 Å². The first kappa shape index (κ1) is 12.8. The third-order valence-electron chi connectivity index (χ3n) is 3.57.